The Morgan fingerprint density at radius 3 is 2.53 bits per heavy atom. The fourth-order valence-corrected chi connectivity index (χ4v) is 4.31. The maximum Gasteiger partial charge on any atom is 0.138 e. The van der Waals surface area contributed by atoms with E-state index in [0.29, 0.717) is 5.69 Å². The van der Waals surface area contributed by atoms with Gasteiger partial charge in [0, 0.05) is 29.6 Å². The molecule has 154 valence electrons. The zero-order chi connectivity index (χ0) is 20.9. The van der Waals surface area contributed by atoms with Gasteiger partial charge in [0.1, 0.15) is 23.1 Å². The monoisotopic (exact) mass is 420 g/mol. The minimum atomic E-state index is -0.528. The van der Waals surface area contributed by atoms with E-state index >= 15 is 0 Å². The summed E-state index contributed by atoms with van der Waals surface area (Å²) in [5, 5.41) is 4.63. The highest BCUT2D eigenvalue weighted by Gasteiger charge is 2.09. The highest BCUT2D eigenvalue weighted by Crippen LogP contribution is 2.28. The fraction of sp³-hybridized carbons (Fsp3) is 0.292. The van der Waals surface area contributed by atoms with Crippen LogP contribution in [0, 0.1) is 6.92 Å². The lowest BCUT2D eigenvalue weighted by molar-refractivity contribution is 0.476. The zero-order valence-corrected chi connectivity index (χ0v) is 18.1. The molecule has 0 aliphatic heterocycles. The van der Waals surface area contributed by atoms with Gasteiger partial charge in [0.15, 0.2) is 0 Å². The van der Waals surface area contributed by atoms with E-state index in [0.717, 1.165) is 58.8 Å². The molecule has 4 aromatic rings. The molecular weight excluding hydrogens is 395 g/mol. The summed E-state index contributed by atoms with van der Waals surface area (Å²) in [6.45, 7) is 4.53. The van der Waals surface area contributed by atoms with Crippen LogP contribution < -0.4 is 5.32 Å². The summed E-state index contributed by atoms with van der Waals surface area (Å²) in [7, 11) is 0. The lowest BCUT2D eigenvalue weighted by Crippen LogP contribution is -2.07. The van der Waals surface area contributed by atoms with Crippen molar-refractivity contribution in [1.82, 2.24) is 15.0 Å². The first-order valence-electron chi connectivity index (χ1n) is 10.3. The van der Waals surface area contributed by atoms with Crippen molar-refractivity contribution in [2.75, 3.05) is 11.9 Å². The molecule has 0 amide bonds. The third-order valence-corrected chi connectivity index (χ3v) is 6.01. The Labute approximate surface area is 180 Å². The molecule has 0 fully saturated rings. The molecule has 3 aromatic heterocycles. The van der Waals surface area contributed by atoms with E-state index in [4.69, 9.17) is 0 Å². The van der Waals surface area contributed by atoms with Crippen molar-refractivity contribution in [3.63, 3.8) is 0 Å². The second-order valence-corrected chi connectivity index (χ2v) is 8.55. The second kappa shape index (κ2) is 9.30. The molecule has 0 radical (unpaired) electrons. The number of nitrogens with one attached hydrogen (secondary N) is 1. The van der Waals surface area contributed by atoms with Gasteiger partial charge in [0.2, 0.25) is 0 Å². The molecule has 0 aliphatic rings. The van der Waals surface area contributed by atoms with Crippen molar-refractivity contribution in [2.45, 2.75) is 39.8 Å². The van der Waals surface area contributed by atoms with Crippen LogP contribution in [-0.4, -0.2) is 21.5 Å². The number of hydrogen-bond donors (Lipinski definition) is 1. The van der Waals surface area contributed by atoms with E-state index < -0.39 is 6.67 Å². The van der Waals surface area contributed by atoms with Gasteiger partial charge in [-0.25, -0.2) is 14.4 Å². The average Bonchev–Trinajstić information content (AvgIpc) is 3.17. The minimum absolute atomic E-state index is 0.465. The third kappa shape index (κ3) is 4.65. The van der Waals surface area contributed by atoms with Crippen molar-refractivity contribution in [1.29, 1.82) is 0 Å². The van der Waals surface area contributed by atoms with Gasteiger partial charge in [-0.15, -0.1) is 11.3 Å². The first-order chi connectivity index (χ1) is 14.7. The molecule has 3 heterocycles. The standard InChI is InChI=1S/C24H25FN4S/c1-3-22-28-23(21-13-16(2)30-24(21)29-22)26-12-4-5-17-6-8-18(9-7-17)19-10-11-20(14-25)27-15-19/h6-11,13,15H,3-5,12,14H2,1-2H3,(H,26,28,29). The van der Waals surface area contributed by atoms with E-state index in [9.17, 15) is 4.39 Å². The zero-order valence-electron chi connectivity index (χ0n) is 17.3. The summed E-state index contributed by atoms with van der Waals surface area (Å²) < 4.78 is 12.6. The number of rotatable bonds is 8. The van der Waals surface area contributed by atoms with Crippen LogP contribution in [0.15, 0.2) is 48.7 Å². The molecule has 4 nitrogen and oxygen atoms in total. The van der Waals surface area contributed by atoms with Gasteiger partial charge in [-0.2, -0.15) is 0 Å². The van der Waals surface area contributed by atoms with E-state index in [1.165, 1.54) is 10.4 Å². The van der Waals surface area contributed by atoms with Gasteiger partial charge in [-0.3, -0.25) is 4.98 Å². The van der Waals surface area contributed by atoms with Crippen molar-refractivity contribution in [3.05, 3.63) is 70.6 Å². The lowest BCUT2D eigenvalue weighted by Gasteiger charge is -2.09. The highest BCUT2D eigenvalue weighted by atomic mass is 32.1. The number of benzene rings is 1. The Kier molecular flexibility index (Phi) is 6.33. The van der Waals surface area contributed by atoms with Gasteiger partial charge < -0.3 is 5.32 Å². The number of nitrogens with zero attached hydrogens (tertiary/aromatic N) is 3. The van der Waals surface area contributed by atoms with Gasteiger partial charge in [-0.05, 0) is 43.0 Å². The van der Waals surface area contributed by atoms with E-state index in [1.54, 1.807) is 23.6 Å². The normalized spacial score (nSPS) is 11.2. The van der Waals surface area contributed by atoms with E-state index in [2.05, 4.69) is 64.4 Å². The number of aromatic nitrogens is 3. The fourth-order valence-electron chi connectivity index (χ4n) is 3.42. The average molecular weight is 421 g/mol. The molecule has 1 N–H and O–H groups in total. The quantitative estimate of drug-likeness (QED) is 0.348. The van der Waals surface area contributed by atoms with Gasteiger partial charge in [-0.1, -0.05) is 37.3 Å². The Hall–Kier alpha value is -2.86. The topological polar surface area (TPSA) is 50.7 Å². The Morgan fingerprint density at radius 1 is 1.03 bits per heavy atom. The summed E-state index contributed by atoms with van der Waals surface area (Å²) in [5.74, 6) is 1.83. The number of pyridine rings is 1. The van der Waals surface area contributed by atoms with E-state index in [-0.39, 0.29) is 0 Å². The van der Waals surface area contributed by atoms with Crippen LogP contribution >= 0.6 is 11.3 Å². The molecule has 0 spiro atoms. The molecule has 0 saturated heterocycles. The maximum atomic E-state index is 12.6. The van der Waals surface area contributed by atoms with Crippen LogP contribution in [0.4, 0.5) is 10.2 Å². The van der Waals surface area contributed by atoms with Crippen LogP contribution in [-0.2, 0) is 19.5 Å². The predicted octanol–water partition coefficient (Wildman–Crippen LogP) is 6.14. The second-order valence-electron chi connectivity index (χ2n) is 7.32. The maximum absolute atomic E-state index is 12.6. The Balaban J connectivity index is 1.35. The number of fused-ring (bicyclic) bond motifs is 1. The van der Waals surface area contributed by atoms with Gasteiger partial charge in [0.25, 0.3) is 0 Å². The Morgan fingerprint density at radius 2 is 1.83 bits per heavy atom. The molecule has 4 rings (SSSR count). The third-order valence-electron chi connectivity index (χ3n) is 5.06. The predicted molar refractivity (Wildman–Crippen MR) is 123 cm³/mol. The summed E-state index contributed by atoms with van der Waals surface area (Å²) >= 11 is 1.72. The summed E-state index contributed by atoms with van der Waals surface area (Å²) in [4.78, 5) is 15.8. The van der Waals surface area contributed by atoms with Gasteiger partial charge in [0.05, 0.1) is 11.1 Å². The Bertz CT molecular complexity index is 1120. The lowest BCUT2D eigenvalue weighted by atomic mass is 10.0. The molecule has 1 aromatic carbocycles. The molecule has 0 bridgehead atoms. The number of aryl methyl sites for hydroxylation is 3. The van der Waals surface area contributed by atoms with Crippen LogP contribution in [0.5, 0.6) is 0 Å². The van der Waals surface area contributed by atoms with Crippen LogP contribution in [0.25, 0.3) is 21.3 Å². The molecule has 30 heavy (non-hydrogen) atoms. The summed E-state index contributed by atoms with van der Waals surface area (Å²) in [5.41, 5.74) is 3.86. The number of anilines is 1. The van der Waals surface area contributed by atoms with Crippen LogP contribution in [0.1, 0.15) is 35.3 Å². The molecule has 0 atom stereocenters. The molecule has 0 aliphatic carbocycles. The summed E-state index contributed by atoms with van der Waals surface area (Å²) in [6, 6.07) is 14.3. The number of alkyl halides is 1. The van der Waals surface area contributed by atoms with Crippen molar-refractivity contribution < 1.29 is 4.39 Å². The minimum Gasteiger partial charge on any atom is -0.369 e. The molecule has 0 unspecified atom stereocenters. The molecular formula is C24H25FN4S. The number of halogens is 1. The van der Waals surface area contributed by atoms with Crippen LogP contribution in [0.2, 0.25) is 0 Å². The number of thiophene rings is 1. The molecule has 0 saturated carbocycles. The van der Waals surface area contributed by atoms with Gasteiger partial charge >= 0.3 is 0 Å². The van der Waals surface area contributed by atoms with Crippen molar-refractivity contribution in [3.8, 4) is 11.1 Å². The first-order valence-corrected chi connectivity index (χ1v) is 11.1. The smallest absolute Gasteiger partial charge is 0.138 e. The number of hydrogen-bond acceptors (Lipinski definition) is 5. The summed E-state index contributed by atoms with van der Waals surface area (Å²) in [6.07, 6.45) is 4.57. The molecule has 6 heteroatoms. The first kappa shape index (κ1) is 20.4. The highest BCUT2D eigenvalue weighted by molar-refractivity contribution is 7.18. The van der Waals surface area contributed by atoms with Crippen LogP contribution in [0.3, 0.4) is 0 Å². The van der Waals surface area contributed by atoms with Crippen molar-refractivity contribution >= 4 is 27.4 Å². The van der Waals surface area contributed by atoms with Crippen molar-refractivity contribution in [2.24, 2.45) is 0 Å². The SMILES string of the molecule is CCc1nc(NCCCc2ccc(-c3ccc(CF)nc3)cc2)c2cc(C)sc2n1. The largest absolute Gasteiger partial charge is 0.369 e. The van der Waals surface area contributed by atoms with E-state index in [1.807, 2.05) is 6.07 Å².